The first-order valence-electron chi connectivity index (χ1n) is 10.5. The molecule has 2 aliphatic heterocycles. The first-order chi connectivity index (χ1) is 14.0. The summed E-state index contributed by atoms with van der Waals surface area (Å²) in [6, 6.07) is -2.05. The van der Waals surface area contributed by atoms with Crippen molar-refractivity contribution >= 4 is 46.9 Å². The summed E-state index contributed by atoms with van der Waals surface area (Å²) in [5.41, 5.74) is -1.18. The molecule has 2 heterocycles. The number of ether oxygens (including phenoxy) is 1. The maximum atomic E-state index is 13.5. The lowest BCUT2D eigenvalue weighted by Crippen LogP contribution is -2.58. The van der Waals surface area contributed by atoms with Crippen LogP contribution in [0.1, 0.15) is 61.3 Å². The molecule has 4 atom stereocenters. The molecular formula is C21H35N3O5S2. The van der Waals surface area contributed by atoms with E-state index in [0.29, 0.717) is 23.6 Å². The smallest absolute Gasteiger partial charge is 0.410 e. The zero-order valence-electron chi connectivity index (χ0n) is 19.6. The molecule has 2 saturated heterocycles. The highest BCUT2D eigenvalue weighted by Gasteiger charge is 2.60. The summed E-state index contributed by atoms with van der Waals surface area (Å²) in [6.07, 6.45) is 0.611. The summed E-state index contributed by atoms with van der Waals surface area (Å²) in [5.74, 6) is -0.568. The molecular weight excluding hydrogens is 438 g/mol. The van der Waals surface area contributed by atoms with Crippen LogP contribution in [-0.4, -0.2) is 79.3 Å². The summed E-state index contributed by atoms with van der Waals surface area (Å²) in [7, 11) is 1.60. The highest BCUT2D eigenvalue weighted by molar-refractivity contribution is 8.00. The zero-order valence-corrected chi connectivity index (χ0v) is 21.3. The van der Waals surface area contributed by atoms with E-state index < -0.39 is 46.1 Å². The second-order valence-electron chi connectivity index (χ2n) is 10.3. The molecule has 0 bridgehead atoms. The molecule has 0 aliphatic carbocycles. The van der Waals surface area contributed by atoms with E-state index in [-0.39, 0.29) is 5.91 Å². The largest absolute Gasteiger partial charge is 0.480 e. The van der Waals surface area contributed by atoms with Crippen molar-refractivity contribution in [3.63, 3.8) is 0 Å². The Morgan fingerprint density at radius 2 is 1.94 bits per heavy atom. The average Bonchev–Trinajstić information content (AvgIpc) is 2.75. The fraction of sp³-hybridized carbons (Fsp3) is 0.810. The van der Waals surface area contributed by atoms with Gasteiger partial charge in [0.05, 0.1) is 15.9 Å². The normalized spacial score (nSPS) is 28.9. The van der Waals surface area contributed by atoms with Gasteiger partial charge in [-0.2, -0.15) is 0 Å². The number of likely N-dealkylation sites (N-methyl/N-ethyl adjacent to an activating group) is 1. The number of thiocarbonyl (C=S) groups is 1. The maximum absolute atomic E-state index is 13.5. The maximum Gasteiger partial charge on any atom is 0.410 e. The van der Waals surface area contributed by atoms with Crippen molar-refractivity contribution < 1.29 is 24.2 Å². The van der Waals surface area contributed by atoms with Crippen molar-refractivity contribution in [3.8, 4) is 0 Å². The quantitative estimate of drug-likeness (QED) is 0.601. The number of hydrogen-bond acceptors (Lipinski definition) is 6. The number of carboxylic acids is 1. The van der Waals surface area contributed by atoms with E-state index >= 15 is 0 Å². The minimum atomic E-state index is -0.996. The molecule has 2 aliphatic rings. The van der Waals surface area contributed by atoms with Gasteiger partial charge in [0.2, 0.25) is 5.91 Å². The van der Waals surface area contributed by atoms with Gasteiger partial charge < -0.3 is 25.0 Å². The molecule has 0 spiro atoms. The Labute approximate surface area is 194 Å². The van der Waals surface area contributed by atoms with Gasteiger partial charge >= 0.3 is 12.1 Å². The highest BCUT2D eigenvalue weighted by atomic mass is 32.2. The van der Waals surface area contributed by atoms with Crippen LogP contribution in [0.25, 0.3) is 0 Å². The van der Waals surface area contributed by atoms with Crippen molar-refractivity contribution in [1.29, 1.82) is 0 Å². The van der Waals surface area contributed by atoms with Gasteiger partial charge in [0.1, 0.15) is 17.7 Å². The Bertz CT molecular complexity index is 767. The van der Waals surface area contributed by atoms with E-state index in [9.17, 15) is 19.5 Å². The van der Waals surface area contributed by atoms with Gasteiger partial charge in [0.25, 0.3) is 0 Å². The van der Waals surface area contributed by atoms with E-state index in [1.54, 1.807) is 46.5 Å². The topological polar surface area (TPSA) is 99.2 Å². The minimum absolute atomic E-state index is 0.264. The Morgan fingerprint density at radius 1 is 1.35 bits per heavy atom. The van der Waals surface area contributed by atoms with Gasteiger partial charge in [0.15, 0.2) is 0 Å². The molecule has 0 unspecified atom stereocenters. The van der Waals surface area contributed by atoms with E-state index in [0.717, 1.165) is 0 Å². The monoisotopic (exact) mass is 473 g/mol. The molecule has 0 aromatic rings. The van der Waals surface area contributed by atoms with E-state index in [2.05, 4.69) is 5.32 Å². The Balaban J connectivity index is 2.19. The molecule has 176 valence electrons. The molecule has 8 nitrogen and oxygen atoms in total. The predicted molar refractivity (Wildman–Crippen MR) is 125 cm³/mol. The second-order valence-corrected chi connectivity index (χ2v) is 12.3. The minimum Gasteiger partial charge on any atom is -0.480 e. The van der Waals surface area contributed by atoms with Crippen LogP contribution < -0.4 is 5.32 Å². The summed E-state index contributed by atoms with van der Waals surface area (Å²) in [5, 5.41) is 13.0. The van der Waals surface area contributed by atoms with Gasteiger partial charge in [-0.05, 0) is 58.6 Å². The van der Waals surface area contributed by atoms with Crippen LogP contribution in [0.2, 0.25) is 0 Å². The van der Waals surface area contributed by atoms with Crippen LogP contribution in [0.5, 0.6) is 0 Å². The third-order valence-corrected chi connectivity index (χ3v) is 7.70. The van der Waals surface area contributed by atoms with E-state index in [1.807, 2.05) is 20.8 Å². The van der Waals surface area contributed by atoms with Crippen LogP contribution in [0.15, 0.2) is 0 Å². The number of carboxylic acid groups (broad SMARTS) is 1. The number of amides is 2. The lowest BCUT2D eigenvalue weighted by Gasteiger charge is -2.37. The molecule has 2 amide bonds. The highest BCUT2D eigenvalue weighted by Crippen LogP contribution is 2.53. The molecule has 2 N–H and O–H groups in total. The van der Waals surface area contributed by atoms with Gasteiger partial charge in [-0.3, -0.25) is 4.79 Å². The van der Waals surface area contributed by atoms with Crippen LogP contribution in [-0.2, 0) is 14.3 Å². The predicted octanol–water partition coefficient (Wildman–Crippen LogP) is 3.09. The summed E-state index contributed by atoms with van der Waals surface area (Å²) in [4.78, 5) is 40.6. The van der Waals surface area contributed by atoms with Crippen LogP contribution in [0.4, 0.5) is 4.79 Å². The Morgan fingerprint density at radius 3 is 2.45 bits per heavy atom. The standard InChI is InChI=1S/C21H35N3O5S2/c1-12(23(8)18(28)29-19(2,3)4)15(30)22-13-9-10-31-21(7)11-20(5,6)14(17(26)27)24(21)16(13)25/h12-14H,9-11H2,1-8H3,(H,22,30)(H,26,27)/t12-,13-,14+,21-/m0/s1. The third kappa shape index (κ3) is 5.45. The third-order valence-electron chi connectivity index (χ3n) is 5.84. The fourth-order valence-electron chi connectivity index (χ4n) is 4.36. The average molecular weight is 474 g/mol. The number of carbonyl (C=O) groups excluding carboxylic acids is 2. The summed E-state index contributed by atoms with van der Waals surface area (Å²) in [6.45, 7) is 12.9. The van der Waals surface area contributed by atoms with Gasteiger partial charge in [0, 0.05) is 7.05 Å². The van der Waals surface area contributed by atoms with Crippen LogP contribution >= 0.6 is 24.0 Å². The SMILES string of the molecule is C[C@@H](C(=S)N[C@H]1CCS[C@@]2(C)CC(C)(C)[C@@H](C(=O)O)N2C1=O)N(C)C(=O)OC(C)(C)C. The van der Waals surface area contributed by atoms with Gasteiger partial charge in [-0.25, -0.2) is 9.59 Å². The molecule has 0 aromatic carbocycles. The number of hydrogen-bond donors (Lipinski definition) is 2. The van der Waals surface area contributed by atoms with E-state index in [1.165, 1.54) is 9.80 Å². The molecule has 0 saturated carbocycles. The Kier molecular flexibility index (Phi) is 7.27. The fourth-order valence-corrected chi connectivity index (χ4v) is 6.26. The second kappa shape index (κ2) is 8.77. The lowest BCUT2D eigenvalue weighted by atomic mass is 9.83. The number of fused-ring (bicyclic) bond motifs is 1. The number of carbonyl (C=O) groups is 3. The molecule has 0 aromatic heterocycles. The first kappa shape index (κ1) is 25.7. The molecule has 0 radical (unpaired) electrons. The number of nitrogens with zero attached hydrogens (tertiary/aromatic N) is 2. The summed E-state index contributed by atoms with van der Waals surface area (Å²) < 4.78 is 5.39. The molecule has 2 rings (SSSR count). The molecule has 10 heteroatoms. The number of aliphatic carboxylic acids is 1. The summed E-state index contributed by atoms with van der Waals surface area (Å²) >= 11 is 7.13. The number of nitrogens with one attached hydrogen (secondary N) is 1. The first-order valence-corrected chi connectivity index (χ1v) is 11.9. The van der Waals surface area contributed by atoms with E-state index in [4.69, 9.17) is 17.0 Å². The number of rotatable bonds is 4. The van der Waals surface area contributed by atoms with Crippen molar-refractivity contribution in [2.45, 2.75) is 89.9 Å². The van der Waals surface area contributed by atoms with Gasteiger partial charge in [-0.1, -0.05) is 26.1 Å². The van der Waals surface area contributed by atoms with Crippen molar-refractivity contribution in [2.24, 2.45) is 5.41 Å². The lowest BCUT2D eigenvalue weighted by molar-refractivity contribution is -0.153. The van der Waals surface area contributed by atoms with Crippen LogP contribution in [0.3, 0.4) is 0 Å². The number of thioether (sulfide) groups is 1. The molecule has 2 fully saturated rings. The van der Waals surface area contributed by atoms with Crippen molar-refractivity contribution in [3.05, 3.63) is 0 Å². The Hall–Kier alpha value is -1.55. The van der Waals surface area contributed by atoms with Gasteiger partial charge in [-0.15, -0.1) is 11.8 Å². The van der Waals surface area contributed by atoms with Crippen LogP contribution in [0, 0.1) is 5.41 Å². The van der Waals surface area contributed by atoms with Crippen molar-refractivity contribution in [2.75, 3.05) is 12.8 Å². The zero-order chi connectivity index (χ0) is 23.9. The van der Waals surface area contributed by atoms with Crippen molar-refractivity contribution in [1.82, 2.24) is 15.1 Å². The molecule has 31 heavy (non-hydrogen) atoms.